The van der Waals surface area contributed by atoms with Crippen LogP contribution in [-0.2, 0) is 0 Å². The van der Waals surface area contributed by atoms with Gasteiger partial charge in [-0.15, -0.1) is 5.10 Å². The highest BCUT2D eigenvalue weighted by Crippen LogP contribution is 2.30. The molecule has 1 aliphatic rings. The van der Waals surface area contributed by atoms with Crippen molar-refractivity contribution in [3.8, 4) is 22.8 Å². The maximum absolute atomic E-state index is 12.9. The van der Waals surface area contributed by atoms with E-state index < -0.39 is 0 Å². The van der Waals surface area contributed by atoms with Crippen LogP contribution in [0.25, 0.3) is 11.3 Å². The second kappa shape index (κ2) is 7.72. The van der Waals surface area contributed by atoms with Crippen LogP contribution in [0, 0.1) is 0 Å². The summed E-state index contributed by atoms with van der Waals surface area (Å²) in [6.07, 6.45) is 2.79. The van der Waals surface area contributed by atoms with E-state index in [-0.39, 0.29) is 11.9 Å². The zero-order chi connectivity index (χ0) is 19.5. The first-order chi connectivity index (χ1) is 13.7. The summed E-state index contributed by atoms with van der Waals surface area (Å²) in [5.41, 5.74) is 2.46. The molecule has 0 radical (unpaired) electrons. The minimum Gasteiger partial charge on any atom is -0.493 e. The van der Waals surface area contributed by atoms with Gasteiger partial charge >= 0.3 is 0 Å². The van der Waals surface area contributed by atoms with Gasteiger partial charge in [0, 0.05) is 24.2 Å². The Hall–Kier alpha value is -3.35. The molecule has 0 saturated carbocycles. The van der Waals surface area contributed by atoms with Crippen LogP contribution in [0.3, 0.4) is 0 Å². The number of amides is 1. The standard InChI is InChI=1S/C21H22N4O3/c1-27-19-9-8-16(12-20(19)28-2)21(26)24-11-10-17(13-24)25-14-18(22-23-25)15-6-4-3-5-7-15/h3-9,12,14,17H,10-11,13H2,1-2H3. The van der Waals surface area contributed by atoms with Gasteiger partial charge in [0.25, 0.3) is 5.91 Å². The van der Waals surface area contributed by atoms with Gasteiger partial charge in [-0.05, 0) is 24.6 Å². The topological polar surface area (TPSA) is 69.5 Å². The van der Waals surface area contributed by atoms with Crippen LogP contribution in [0.4, 0.5) is 0 Å². The number of hydrogen-bond donors (Lipinski definition) is 0. The average molecular weight is 378 g/mol. The van der Waals surface area contributed by atoms with Crippen LogP contribution >= 0.6 is 0 Å². The lowest BCUT2D eigenvalue weighted by atomic mass is 10.1. The minimum absolute atomic E-state index is 0.0214. The molecule has 144 valence electrons. The molecule has 2 aromatic carbocycles. The third-order valence-corrected chi connectivity index (χ3v) is 5.04. The van der Waals surface area contributed by atoms with E-state index in [1.165, 1.54) is 0 Å². The molecule has 1 saturated heterocycles. The first kappa shape index (κ1) is 18.0. The van der Waals surface area contributed by atoms with Crippen LogP contribution in [0.1, 0.15) is 22.8 Å². The predicted octanol–water partition coefficient (Wildman–Crippen LogP) is 3.05. The lowest BCUT2D eigenvalue weighted by Gasteiger charge is -2.17. The van der Waals surface area contributed by atoms with Crippen molar-refractivity contribution >= 4 is 5.91 Å². The number of aromatic nitrogens is 3. The number of methoxy groups -OCH3 is 2. The lowest BCUT2D eigenvalue weighted by molar-refractivity contribution is 0.0786. The molecular formula is C21H22N4O3. The third kappa shape index (κ3) is 3.43. The van der Waals surface area contributed by atoms with Gasteiger partial charge in [-0.2, -0.15) is 0 Å². The molecule has 0 bridgehead atoms. The quantitative estimate of drug-likeness (QED) is 0.683. The Morgan fingerprint density at radius 1 is 1.07 bits per heavy atom. The van der Waals surface area contributed by atoms with Crippen molar-refractivity contribution in [2.75, 3.05) is 27.3 Å². The van der Waals surface area contributed by atoms with Gasteiger partial charge < -0.3 is 14.4 Å². The highest BCUT2D eigenvalue weighted by molar-refractivity contribution is 5.95. The molecule has 0 spiro atoms. The van der Waals surface area contributed by atoms with Crippen molar-refractivity contribution in [2.45, 2.75) is 12.5 Å². The summed E-state index contributed by atoms with van der Waals surface area (Å²) in [6.45, 7) is 1.28. The zero-order valence-electron chi connectivity index (χ0n) is 15.9. The molecule has 1 unspecified atom stereocenters. The molecule has 7 heteroatoms. The summed E-state index contributed by atoms with van der Waals surface area (Å²) >= 11 is 0. The number of nitrogens with zero attached hydrogens (tertiary/aromatic N) is 4. The fourth-order valence-electron chi connectivity index (χ4n) is 3.49. The molecule has 4 rings (SSSR count). The minimum atomic E-state index is -0.0214. The summed E-state index contributed by atoms with van der Waals surface area (Å²) < 4.78 is 12.4. The Morgan fingerprint density at radius 2 is 1.86 bits per heavy atom. The molecule has 1 aliphatic heterocycles. The third-order valence-electron chi connectivity index (χ3n) is 5.04. The first-order valence-electron chi connectivity index (χ1n) is 9.18. The number of carbonyl (C=O) groups is 1. The van der Waals surface area contributed by atoms with E-state index in [4.69, 9.17) is 9.47 Å². The number of ether oxygens (including phenoxy) is 2. The molecule has 28 heavy (non-hydrogen) atoms. The van der Waals surface area contributed by atoms with E-state index in [0.29, 0.717) is 30.2 Å². The van der Waals surface area contributed by atoms with E-state index in [1.807, 2.05) is 46.1 Å². The Bertz CT molecular complexity index is 971. The van der Waals surface area contributed by atoms with Gasteiger partial charge in [0.05, 0.1) is 26.5 Å². The van der Waals surface area contributed by atoms with Gasteiger partial charge in [0.15, 0.2) is 11.5 Å². The number of likely N-dealkylation sites (tertiary alicyclic amines) is 1. The normalized spacial score (nSPS) is 16.2. The van der Waals surface area contributed by atoms with E-state index >= 15 is 0 Å². The predicted molar refractivity (Wildman–Crippen MR) is 105 cm³/mol. The second-order valence-electron chi connectivity index (χ2n) is 6.71. The second-order valence-corrected chi connectivity index (χ2v) is 6.71. The van der Waals surface area contributed by atoms with Gasteiger partial charge in [0.1, 0.15) is 5.69 Å². The summed E-state index contributed by atoms with van der Waals surface area (Å²) in [7, 11) is 3.14. The van der Waals surface area contributed by atoms with Crippen LogP contribution in [0.5, 0.6) is 11.5 Å². The van der Waals surface area contributed by atoms with Crippen molar-refractivity contribution in [3.05, 3.63) is 60.3 Å². The van der Waals surface area contributed by atoms with E-state index in [2.05, 4.69) is 10.3 Å². The number of hydrogen-bond acceptors (Lipinski definition) is 5. The zero-order valence-corrected chi connectivity index (χ0v) is 15.9. The molecular weight excluding hydrogens is 356 g/mol. The van der Waals surface area contributed by atoms with Gasteiger partial charge in [0.2, 0.25) is 0 Å². The molecule has 0 aliphatic carbocycles. The molecule has 1 amide bonds. The SMILES string of the molecule is COc1ccc(C(=O)N2CCC(n3cc(-c4ccccc4)nn3)C2)cc1OC. The van der Waals surface area contributed by atoms with Crippen LogP contribution in [0.15, 0.2) is 54.7 Å². The van der Waals surface area contributed by atoms with Crippen LogP contribution < -0.4 is 9.47 Å². The monoisotopic (exact) mass is 378 g/mol. The fraction of sp³-hybridized carbons (Fsp3) is 0.286. The first-order valence-corrected chi connectivity index (χ1v) is 9.18. The van der Waals surface area contributed by atoms with Crippen molar-refractivity contribution in [1.82, 2.24) is 19.9 Å². The van der Waals surface area contributed by atoms with Crippen molar-refractivity contribution in [1.29, 1.82) is 0 Å². The number of carbonyl (C=O) groups excluding carboxylic acids is 1. The van der Waals surface area contributed by atoms with Crippen molar-refractivity contribution in [3.63, 3.8) is 0 Å². The summed E-state index contributed by atoms with van der Waals surface area (Å²) in [5.74, 6) is 1.13. The van der Waals surface area contributed by atoms with Crippen LogP contribution in [0.2, 0.25) is 0 Å². The highest BCUT2D eigenvalue weighted by atomic mass is 16.5. The molecule has 1 fully saturated rings. The Kier molecular flexibility index (Phi) is 4.97. The smallest absolute Gasteiger partial charge is 0.254 e. The van der Waals surface area contributed by atoms with Crippen molar-refractivity contribution in [2.24, 2.45) is 0 Å². The average Bonchev–Trinajstić information content (AvgIpc) is 3.43. The van der Waals surface area contributed by atoms with Crippen LogP contribution in [-0.4, -0.2) is 53.1 Å². The van der Waals surface area contributed by atoms with Gasteiger partial charge in [-0.1, -0.05) is 35.5 Å². The Labute approximate surface area is 163 Å². The van der Waals surface area contributed by atoms with Gasteiger partial charge in [-0.25, -0.2) is 4.68 Å². The number of benzene rings is 2. The Morgan fingerprint density at radius 3 is 2.61 bits per heavy atom. The highest BCUT2D eigenvalue weighted by Gasteiger charge is 2.29. The summed E-state index contributed by atoms with van der Waals surface area (Å²) in [4.78, 5) is 14.7. The molecule has 3 aromatic rings. The van der Waals surface area contributed by atoms with Gasteiger partial charge in [-0.3, -0.25) is 4.79 Å². The maximum Gasteiger partial charge on any atom is 0.254 e. The maximum atomic E-state index is 12.9. The molecule has 1 atom stereocenters. The summed E-state index contributed by atoms with van der Waals surface area (Å²) in [6, 6.07) is 15.3. The molecule has 1 aromatic heterocycles. The van der Waals surface area contributed by atoms with E-state index in [0.717, 1.165) is 17.7 Å². The van der Waals surface area contributed by atoms with E-state index in [9.17, 15) is 4.79 Å². The van der Waals surface area contributed by atoms with E-state index in [1.54, 1.807) is 32.4 Å². The Balaban J connectivity index is 1.47. The fourth-order valence-corrected chi connectivity index (χ4v) is 3.49. The number of rotatable bonds is 5. The molecule has 0 N–H and O–H groups in total. The van der Waals surface area contributed by atoms with Crippen molar-refractivity contribution < 1.29 is 14.3 Å². The lowest BCUT2D eigenvalue weighted by Crippen LogP contribution is -2.29. The summed E-state index contributed by atoms with van der Waals surface area (Å²) in [5, 5.41) is 8.56. The molecule has 7 nitrogen and oxygen atoms in total. The largest absolute Gasteiger partial charge is 0.493 e. The molecule has 2 heterocycles.